The van der Waals surface area contributed by atoms with Crippen molar-refractivity contribution in [1.82, 2.24) is 4.90 Å². The molecule has 0 heterocycles. The molecule has 1 N–H and O–H groups in total. The van der Waals surface area contributed by atoms with E-state index in [1.165, 1.54) is 9.80 Å². The van der Waals surface area contributed by atoms with E-state index in [-0.39, 0.29) is 12.6 Å². The van der Waals surface area contributed by atoms with Crippen LogP contribution in [0.25, 0.3) is 0 Å². The van der Waals surface area contributed by atoms with Crippen LogP contribution in [0, 0.1) is 6.92 Å². The molecule has 20 heavy (non-hydrogen) atoms. The Bertz CT molecular complexity index is 506. The standard InChI is InChI=1S/C15H22N2O3/c1-11-8-6-7-9-12(11)16(5)14(20)17(10-13(18)19)15(2,3)4/h6-9H,10H2,1-5H3,(H,18,19). The molecule has 0 aliphatic carbocycles. The molecule has 0 unspecified atom stereocenters. The van der Waals surface area contributed by atoms with Gasteiger partial charge in [0.2, 0.25) is 0 Å². The van der Waals surface area contributed by atoms with Crippen molar-refractivity contribution in [3.05, 3.63) is 29.8 Å². The number of rotatable bonds is 3. The van der Waals surface area contributed by atoms with E-state index in [0.29, 0.717) is 0 Å². The van der Waals surface area contributed by atoms with E-state index < -0.39 is 11.5 Å². The average molecular weight is 278 g/mol. The van der Waals surface area contributed by atoms with Gasteiger partial charge in [-0.1, -0.05) is 18.2 Å². The lowest BCUT2D eigenvalue weighted by atomic mass is 10.1. The zero-order valence-corrected chi connectivity index (χ0v) is 12.7. The molecule has 1 rings (SSSR count). The first-order valence-corrected chi connectivity index (χ1v) is 6.47. The summed E-state index contributed by atoms with van der Waals surface area (Å²) in [6.45, 7) is 7.05. The molecule has 5 nitrogen and oxygen atoms in total. The first kappa shape index (κ1) is 16.0. The number of anilines is 1. The summed E-state index contributed by atoms with van der Waals surface area (Å²) in [5, 5.41) is 8.99. The molecule has 5 heteroatoms. The number of carboxylic acid groups (broad SMARTS) is 1. The van der Waals surface area contributed by atoms with Crippen molar-refractivity contribution < 1.29 is 14.7 Å². The van der Waals surface area contributed by atoms with Crippen molar-refractivity contribution in [2.45, 2.75) is 33.2 Å². The maximum Gasteiger partial charge on any atom is 0.325 e. The van der Waals surface area contributed by atoms with Crippen LogP contribution >= 0.6 is 0 Å². The van der Waals surface area contributed by atoms with Crippen LogP contribution in [0.15, 0.2) is 24.3 Å². The van der Waals surface area contributed by atoms with Gasteiger partial charge in [0.1, 0.15) is 6.54 Å². The summed E-state index contributed by atoms with van der Waals surface area (Å²) < 4.78 is 0. The SMILES string of the molecule is Cc1ccccc1N(C)C(=O)N(CC(=O)O)C(C)(C)C. The predicted molar refractivity (Wildman–Crippen MR) is 79.1 cm³/mol. The molecule has 0 aliphatic rings. The average Bonchev–Trinajstić information content (AvgIpc) is 2.33. The molecule has 1 aromatic rings. The zero-order valence-electron chi connectivity index (χ0n) is 12.7. The third-order valence-electron chi connectivity index (χ3n) is 3.10. The van der Waals surface area contributed by atoms with Crippen LogP contribution < -0.4 is 4.90 Å². The number of amides is 2. The van der Waals surface area contributed by atoms with Gasteiger partial charge in [-0.2, -0.15) is 0 Å². The zero-order chi connectivity index (χ0) is 15.5. The highest BCUT2D eigenvalue weighted by molar-refractivity contribution is 5.94. The minimum absolute atomic E-state index is 0.321. The van der Waals surface area contributed by atoms with E-state index in [0.717, 1.165) is 11.3 Å². The molecule has 0 bridgehead atoms. The number of aliphatic carboxylic acids is 1. The summed E-state index contributed by atoms with van der Waals surface area (Å²) in [7, 11) is 1.66. The van der Waals surface area contributed by atoms with Gasteiger partial charge >= 0.3 is 12.0 Å². The second-order valence-electron chi connectivity index (χ2n) is 5.78. The predicted octanol–water partition coefficient (Wildman–Crippen LogP) is 2.74. The van der Waals surface area contributed by atoms with Gasteiger partial charge in [0.15, 0.2) is 0 Å². The number of hydrogen-bond donors (Lipinski definition) is 1. The van der Waals surface area contributed by atoms with E-state index in [9.17, 15) is 9.59 Å². The lowest BCUT2D eigenvalue weighted by Crippen LogP contribution is -2.53. The Morgan fingerprint density at radius 1 is 1.20 bits per heavy atom. The van der Waals surface area contributed by atoms with Gasteiger partial charge < -0.3 is 10.0 Å². The van der Waals surface area contributed by atoms with Crippen LogP contribution in [0.2, 0.25) is 0 Å². The number of hydrogen-bond acceptors (Lipinski definition) is 2. The Morgan fingerprint density at radius 2 is 1.75 bits per heavy atom. The number of carboxylic acids is 1. The first-order valence-electron chi connectivity index (χ1n) is 6.47. The molecule has 1 aromatic carbocycles. The smallest absolute Gasteiger partial charge is 0.325 e. The van der Waals surface area contributed by atoms with Crippen LogP contribution in [-0.2, 0) is 4.79 Å². The molecular formula is C15H22N2O3. The van der Waals surface area contributed by atoms with Crippen molar-refractivity contribution in [1.29, 1.82) is 0 Å². The lowest BCUT2D eigenvalue weighted by Gasteiger charge is -2.37. The van der Waals surface area contributed by atoms with Crippen LogP contribution in [0.3, 0.4) is 0 Å². The fraction of sp³-hybridized carbons (Fsp3) is 0.467. The highest BCUT2D eigenvalue weighted by Crippen LogP contribution is 2.22. The third kappa shape index (κ3) is 3.73. The fourth-order valence-electron chi connectivity index (χ4n) is 1.95. The second-order valence-corrected chi connectivity index (χ2v) is 5.78. The van der Waals surface area contributed by atoms with Crippen molar-refractivity contribution in [3.63, 3.8) is 0 Å². The quantitative estimate of drug-likeness (QED) is 0.924. The molecule has 0 saturated carbocycles. The Balaban J connectivity index is 3.07. The Kier molecular flexibility index (Phi) is 4.76. The molecule has 0 radical (unpaired) electrons. The summed E-state index contributed by atoms with van der Waals surface area (Å²) in [5.74, 6) is -1.02. The Hall–Kier alpha value is -2.04. The molecule has 0 aromatic heterocycles. The summed E-state index contributed by atoms with van der Waals surface area (Å²) in [4.78, 5) is 26.4. The van der Waals surface area contributed by atoms with Gasteiger partial charge in [-0.05, 0) is 39.3 Å². The number of aryl methyl sites for hydroxylation is 1. The van der Waals surface area contributed by atoms with E-state index in [2.05, 4.69) is 0 Å². The van der Waals surface area contributed by atoms with Gasteiger partial charge in [0.05, 0.1) is 0 Å². The second kappa shape index (κ2) is 5.94. The van der Waals surface area contributed by atoms with Crippen LogP contribution in [-0.4, -0.2) is 41.1 Å². The van der Waals surface area contributed by atoms with Crippen molar-refractivity contribution >= 4 is 17.7 Å². The fourth-order valence-corrected chi connectivity index (χ4v) is 1.95. The monoisotopic (exact) mass is 278 g/mol. The van der Waals surface area contributed by atoms with E-state index in [4.69, 9.17) is 5.11 Å². The van der Waals surface area contributed by atoms with E-state index in [1.54, 1.807) is 7.05 Å². The third-order valence-corrected chi connectivity index (χ3v) is 3.10. The topological polar surface area (TPSA) is 60.9 Å². The summed E-state index contributed by atoms with van der Waals surface area (Å²) >= 11 is 0. The van der Waals surface area contributed by atoms with Crippen molar-refractivity contribution in [3.8, 4) is 0 Å². The molecule has 0 spiro atoms. The number of urea groups is 1. The van der Waals surface area contributed by atoms with Gasteiger partial charge in [-0.15, -0.1) is 0 Å². The number of para-hydroxylation sites is 1. The molecule has 110 valence electrons. The molecule has 0 fully saturated rings. The van der Waals surface area contributed by atoms with Gasteiger partial charge in [-0.25, -0.2) is 4.79 Å². The van der Waals surface area contributed by atoms with E-state index >= 15 is 0 Å². The summed E-state index contributed by atoms with van der Waals surface area (Å²) in [6, 6.07) is 7.18. The Morgan fingerprint density at radius 3 is 2.20 bits per heavy atom. The maximum absolute atomic E-state index is 12.6. The van der Waals surface area contributed by atoms with Gasteiger partial charge in [-0.3, -0.25) is 9.69 Å². The first-order chi connectivity index (χ1) is 9.14. The van der Waals surface area contributed by atoms with Crippen LogP contribution in [0.5, 0.6) is 0 Å². The van der Waals surface area contributed by atoms with Crippen LogP contribution in [0.1, 0.15) is 26.3 Å². The number of carbonyl (C=O) groups excluding carboxylic acids is 1. The molecule has 0 aliphatic heterocycles. The van der Waals surface area contributed by atoms with Crippen LogP contribution in [0.4, 0.5) is 10.5 Å². The summed E-state index contributed by atoms with van der Waals surface area (Å²) in [6.07, 6.45) is 0. The number of nitrogens with zero attached hydrogens (tertiary/aromatic N) is 2. The molecule has 0 saturated heterocycles. The Labute approximate surface area is 119 Å². The molecule has 2 amide bonds. The minimum atomic E-state index is -1.02. The van der Waals surface area contributed by atoms with Crippen molar-refractivity contribution in [2.24, 2.45) is 0 Å². The van der Waals surface area contributed by atoms with Crippen molar-refractivity contribution in [2.75, 3.05) is 18.5 Å². The van der Waals surface area contributed by atoms with Gasteiger partial charge in [0, 0.05) is 18.3 Å². The molecule has 0 atom stereocenters. The highest BCUT2D eigenvalue weighted by atomic mass is 16.4. The largest absolute Gasteiger partial charge is 0.480 e. The minimum Gasteiger partial charge on any atom is -0.480 e. The number of carbonyl (C=O) groups is 2. The maximum atomic E-state index is 12.6. The lowest BCUT2D eigenvalue weighted by molar-refractivity contribution is -0.138. The summed E-state index contributed by atoms with van der Waals surface area (Å²) in [5.41, 5.74) is 1.18. The normalized spacial score (nSPS) is 11.1. The highest BCUT2D eigenvalue weighted by Gasteiger charge is 2.31. The van der Waals surface area contributed by atoms with E-state index in [1.807, 2.05) is 52.0 Å². The van der Waals surface area contributed by atoms with Gasteiger partial charge in [0.25, 0.3) is 0 Å². The molecular weight excluding hydrogens is 256 g/mol. The number of benzene rings is 1.